The van der Waals surface area contributed by atoms with Crippen molar-refractivity contribution in [2.75, 3.05) is 53.5 Å². The number of aryl methyl sites for hydroxylation is 1. The van der Waals surface area contributed by atoms with Gasteiger partial charge in [0.05, 0.1) is 13.2 Å². The molecule has 0 saturated carbocycles. The van der Waals surface area contributed by atoms with E-state index in [-0.39, 0.29) is 11.4 Å². The van der Waals surface area contributed by atoms with E-state index in [1.165, 1.54) is 0 Å². The van der Waals surface area contributed by atoms with Crippen LogP contribution in [-0.2, 0) is 16.1 Å². The van der Waals surface area contributed by atoms with Crippen LogP contribution in [0.3, 0.4) is 0 Å². The average Bonchev–Trinajstić information content (AvgIpc) is 2.93. The average molecular weight is 350 g/mol. The van der Waals surface area contributed by atoms with Crippen molar-refractivity contribution in [1.29, 1.82) is 0 Å². The maximum Gasteiger partial charge on any atom is 0.222 e. The zero-order valence-corrected chi connectivity index (χ0v) is 15.6. The fraction of sp³-hybridized carbons (Fsp3) is 0.824. The van der Waals surface area contributed by atoms with Gasteiger partial charge in [-0.1, -0.05) is 0 Å². The molecule has 2 fully saturated rings. The lowest BCUT2D eigenvalue weighted by molar-refractivity contribution is -0.131. The Morgan fingerprint density at radius 1 is 1.28 bits per heavy atom. The standard InChI is InChI=1S/C17H30N6O2/c1-14-18-15(20-19-14)12-22-9-8-21(2)17(13-22)5-4-16(24)23(7-6-17)10-11-25-3/h4-13H2,1-3H3,(H,18,19,20). The van der Waals surface area contributed by atoms with Crippen LogP contribution in [0.5, 0.6) is 0 Å². The molecule has 1 amide bonds. The molecule has 3 heterocycles. The summed E-state index contributed by atoms with van der Waals surface area (Å²) in [6.45, 7) is 7.76. The van der Waals surface area contributed by atoms with E-state index in [9.17, 15) is 4.79 Å². The highest BCUT2D eigenvalue weighted by Gasteiger charge is 2.42. The number of hydrogen-bond donors (Lipinski definition) is 1. The van der Waals surface area contributed by atoms with Gasteiger partial charge in [0.2, 0.25) is 5.91 Å². The highest BCUT2D eigenvalue weighted by molar-refractivity contribution is 5.76. The van der Waals surface area contributed by atoms with Crippen molar-refractivity contribution < 1.29 is 9.53 Å². The number of likely N-dealkylation sites (N-methyl/N-ethyl adjacent to an activating group) is 1. The molecule has 2 aliphatic heterocycles. The molecule has 8 heteroatoms. The summed E-state index contributed by atoms with van der Waals surface area (Å²) in [6, 6.07) is 0. The molecule has 8 nitrogen and oxygen atoms in total. The fourth-order valence-corrected chi connectivity index (χ4v) is 4.01. The second-order valence-corrected chi connectivity index (χ2v) is 7.32. The molecule has 1 aromatic heterocycles. The highest BCUT2D eigenvalue weighted by atomic mass is 16.5. The molecule has 140 valence electrons. The van der Waals surface area contributed by atoms with Gasteiger partial charge in [0.15, 0.2) is 5.82 Å². The minimum absolute atomic E-state index is 0.0566. The van der Waals surface area contributed by atoms with Crippen molar-refractivity contribution in [3.05, 3.63) is 11.6 Å². The highest BCUT2D eigenvalue weighted by Crippen LogP contribution is 2.32. The van der Waals surface area contributed by atoms with Crippen LogP contribution < -0.4 is 0 Å². The third-order valence-electron chi connectivity index (χ3n) is 5.66. The Labute approximate surface area is 149 Å². The van der Waals surface area contributed by atoms with Crippen LogP contribution >= 0.6 is 0 Å². The van der Waals surface area contributed by atoms with Gasteiger partial charge in [-0.05, 0) is 26.8 Å². The largest absolute Gasteiger partial charge is 0.383 e. The van der Waals surface area contributed by atoms with Gasteiger partial charge in [-0.25, -0.2) is 4.98 Å². The zero-order valence-electron chi connectivity index (χ0n) is 15.6. The maximum absolute atomic E-state index is 12.4. The number of likely N-dealkylation sites (tertiary alicyclic amines) is 1. The number of amides is 1. The molecule has 1 spiro atoms. The van der Waals surface area contributed by atoms with Crippen molar-refractivity contribution in [1.82, 2.24) is 29.9 Å². The van der Waals surface area contributed by atoms with E-state index in [0.29, 0.717) is 19.6 Å². The number of H-pyrrole nitrogens is 1. The van der Waals surface area contributed by atoms with Crippen molar-refractivity contribution in [3.8, 4) is 0 Å². The summed E-state index contributed by atoms with van der Waals surface area (Å²) in [5, 5.41) is 7.19. The van der Waals surface area contributed by atoms with E-state index >= 15 is 0 Å². The predicted octanol–water partition coefficient (Wildman–Crippen LogP) is 0.258. The molecule has 1 aromatic rings. The van der Waals surface area contributed by atoms with Crippen LogP contribution in [0.2, 0.25) is 0 Å². The van der Waals surface area contributed by atoms with Gasteiger partial charge in [0.1, 0.15) is 5.82 Å². The molecule has 0 aliphatic carbocycles. The molecule has 0 aromatic carbocycles. The van der Waals surface area contributed by atoms with Crippen molar-refractivity contribution in [2.24, 2.45) is 0 Å². The number of rotatable bonds is 5. The first-order valence-electron chi connectivity index (χ1n) is 9.11. The summed E-state index contributed by atoms with van der Waals surface area (Å²) in [7, 11) is 3.88. The third-order valence-corrected chi connectivity index (χ3v) is 5.66. The second-order valence-electron chi connectivity index (χ2n) is 7.32. The Balaban J connectivity index is 1.66. The zero-order chi connectivity index (χ0) is 17.9. The van der Waals surface area contributed by atoms with Crippen molar-refractivity contribution >= 4 is 5.91 Å². The Morgan fingerprint density at radius 3 is 2.84 bits per heavy atom. The van der Waals surface area contributed by atoms with E-state index in [0.717, 1.165) is 57.2 Å². The molecule has 1 N–H and O–H groups in total. The number of methoxy groups -OCH3 is 1. The van der Waals surface area contributed by atoms with Gasteiger partial charge in [-0.2, -0.15) is 5.10 Å². The number of carbonyl (C=O) groups excluding carboxylic acids is 1. The summed E-state index contributed by atoms with van der Waals surface area (Å²) in [6.07, 6.45) is 2.53. The van der Waals surface area contributed by atoms with Crippen molar-refractivity contribution in [3.63, 3.8) is 0 Å². The lowest BCUT2D eigenvalue weighted by atomic mass is 9.86. The van der Waals surface area contributed by atoms with Gasteiger partial charge >= 0.3 is 0 Å². The summed E-state index contributed by atoms with van der Waals surface area (Å²) >= 11 is 0. The first-order chi connectivity index (χ1) is 12.0. The van der Waals surface area contributed by atoms with Crippen molar-refractivity contribution in [2.45, 2.75) is 38.3 Å². The molecule has 2 saturated heterocycles. The molecular formula is C17H30N6O2. The minimum atomic E-state index is 0.0566. The van der Waals surface area contributed by atoms with Crippen LogP contribution in [0, 0.1) is 6.92 Å². The maximum atomic E-state index is 12.4. The van der Waals surface area contributed by atoms with Gasteiger partial charge in [-0.15, -0.1) is 0 Å². The molecule has 0 radical (unpaired) electrons. The Kier molecular flexibility index (Phi) is 5.71. The number of aromatic amines is 1. The Morgan fingerprint density at radius 2 is 2.12 bits per heavy atom. The first-order valence-corrected chi connectivity index (χ1v) is 9.11. The van der Waals surface area contributed by atoms with Crippen LogP contribution in [0.4, 0.5) is 0 Å². The van der Waals surface area contributed by atoms with Gasteiger partial charge in [0.25, 0.3) is 0 Å². The molecule has 1 atom stereocenters. The van der Waals surface area contributed by atoms with Crippen LogP contribution in [0.1, 0.15) is 30.9 Å². The smallest absolute Gasteiger partial charge is 0.222 e. The Hall–Kier alpha value is -1.51. The number of nitrogens with zero attached hydrogens (tertiary/aromatic N) is 5. The van der Waals surface area contributed by atoms with E-state index < -0.39 is 0 Å². The third kappa shape index (κ3) is 4.19. The molecule has 25 heavy (non-hydrogen) atoms. The molecule has 3 rings (SSSR count). The summed E-state index contributed by atoms with van der Waals surface area (Å²) in [5.74, 6) is 1.96. The van der Waals surface area contributed by atoms with E-state index in [4.69, 9.17) is 4.74 Å². The summed E-state index contributed by atoms with van der Waals surface area (Å²) in [5.41, 5.74) is 0.0566. The summed E-state index contributed by atoms with van der Waals surface area (Å²) < 4.78 is 5.15. The lowest BCUT2D eigenvalue weighted by Crippen LogP contribution is -2.60. The number of hydrogen-bond acceptors (Lipinski definition) is 6. The van der Waals surface area contributed by atoms with Gasteiger partial charge in [-0.3, -0.25) is 19.7 Å². The lowest BCUT2D eigenvalue weighted by Gasteiger charge is -2.49. The topological polar surface area (TPSA) is 77.6 Å². The van der Waals surface area contributed by atoms with Crippen LogP contribution in [0.25, 0.3) is 0 Å². The van der Waals surface area contributed by atoms with Gasteiger partial charge in [0, 0.05) is 51.8 Å². The molecular weight excluding hydrogens is 320 g/mol. The van der Waals surface area contributed by atoms with E-state index in [2.05, 4.69) is 32.0 Å². The number of carbonyl (C=O) groups is 1. The van der Waals surface area contributed by atoms with Crippen LogP contribution in [-0.4, -0.2) is 94.8 Å². The normalized spacial score (nSPS) is 26.4. The second kappa shape index (κ2) is 7.80. The fourth-order valence-electron chi connectivity index (χ4n) is 4.01. The first kappa shape index (κ1) is 18.3. The molecule has 0 bridgehead atoms. The molecule has 1 unspecified atom stereocenters. The molecule has 2 aliphatic rings. The number of aromatic nitrogens is 3. The Bertz CT molecular complexity index is 591. The predicted molar refractivity (Wildman–Crippen MR) is 94.1 cm³/mol. The SMILES string of the molecule is COCCN1CCC2(CCC1=O)CN(Cc1n[nH]c(C)n1)CCN2C. The number of piperazine rings is 1. The minimum Gasteiger partial charge on any atom is -0.383 e. The van der Waals surface area contributed by atoms with E-state index in [1.807, 2.05) is 11.8 Å². The van der Waals surface area contributed by atoms with Crippen LogP contribution in [0.15, 0.2) is 0 Å². The monoisotopic (exact) mass is 350 g/mol. The number of nitrogens with one attached hydrogen (secondary N) is 1. The number of ether oxygens (including phenoxy) is 1. The van der Waals surface area contributed by atoms with Gasteiger partial charge < -0.3 is 9.64 Å². The summed E-state index contributed by atoms with van der Waals surface area (Å²) in [4.78, 5) is 23.7. The quantitative estimate of drug-likeness (QED) is 0.821. The van der Waals surface area contributed by atoms with E-state index in [1.54, 1.807) is 7.11 Å².